The summed E-state index contributed by atoms with van der Waals surface area (Å²) in [6.45, 7) is 2.67. The zero-order chi connectivity index (χ0) is 22.3. The number of carbonyl (C=O) groups is 1. The summed E-state index contributed by atoms with van der Waals surface area (Å²) in [5.74, 6) is 0.567. The molecule has 0 aliphatic rings. The molecule has 0 bridgehead atoms. The van der Waals surface area contributed by atoms with E-state index in [2.05, 4.69) is 10.2 Å². The van der Waals surface area contributed by atoms with Crippen molar-refractivity contribution in [1.29, 1.82) is 0 Å². The Labute approximate surface area is 191 Å². The van der Waals surface area contributed by atoms with E-state index in [9.17, 15) is 4.79 Å². The van der Waals surface area contributed by atoms with Crippen molar-refractivity contribution in [3.8, 4) is 11.5 Å². The van der Waals surface area contributed by atoms with Crippen molar-refractivity contribution >= 4 is 39.7 Å². The lowest BCUT2D eigenvalue weighted by atomic mass is 10.1. The maximum absolute atomic E-state index is 12.4. The van der Waals surface area contributed by atoms with E-state index in [1.54, 1.807) is 42.5 Å². The van der Waals surface area contributed by atoms with Crippen LogP contribution in [0.2, 0.25) is 5.02 Å². The standard InChI is InChI=1S/C26H21ClN2O3/c1-2-15-31-22-11-8-19(9-12-22)26(30)32-23-13-14-25(24(27)17-23)29-28-21-10-7-18-5-3-4-6-20(18)16-21/h3-14,16-17H,2,15H2,1H3. The highest BCUT2D eigenvalue weighted by atomic mass is 35.5. The molecule has 160 valence electrons. The highest BCUT2D eigenvalue weighted by molar-refractivity contribution is 6.33. The molecule has 0 heterocycles. The number of fused-ring (bicyclic) bond motifs is 1. The molecule has 4 aromatic carbocycles. The van der Waals surface area contributed by atoms with E-state index in [1.165, 1.54) is 0 Å². The van der Waals surface area contributed by atoms with Gasteiger partial charge in [0.1, 0.15) is 17.2 Å². The number of hydrogen-bond acceptors (Lipinski definition) is 5. The molecule has 0 aliphatic heterocycles. The van der Waals surface area contributed by atoms with E-state index < -0.39 is 5.97 Å². The number of carbonyl (C=O) groups excluding carboxylic acids is 1. The summed E-state index contributed by atoms with van der Waals surface area (Å²) >= 11 is 6.33. The van der Waals surface area contributed by atoms with Gasteiger partial charge < -0.3 is 9.47 Å². The van der Waals surface area contributed by atoms with Crippen LogP contribution in [0.15, 0.2) is 95.2 Å². The van der Waals surface area contributed by atoms with Crippen LogP contribution in [0.1, 0.15) is 23.7 Å². The van der Waals surface area contributed by atoms with Crippen molar-refractivity contribution in [3.63, 3.8) is 0 Å². The summed E-state index contributed by atoms with van der Waals surface area (Å²) in [7, 11) is 0. The van der Waals surface area contributed by atoms with E-state index in [4.69, 9.17) is 21.1 Å². The second-order valence-corrected chi connectivity index (χ2v) is 7.51. The molecule has 0 atom stereocenters. The van der Waals surface area contributed by atoms with Gasteiger partial charge in [0.2, 0.25) is 0 Å². The first-order valence-corrected chi connectivity index (χ1v) is 10.7. The molecule has 0 spiro atoms. The number of benzene rings is 4. The van der Waals surface area contributed by atoms with Crippen LogP contribution < -0.4 is 9.47 Å². The Balaban J connectivity index is 1.43. The molecule has 0 radical (unpaired) electrons. The molecule has 0 saturated carbocycles. The molecule has 0 amide bonds. The third-order valence-electron chi connectivity index (χ3n) is 4.70. The van der Waals surface area contributed by atoms with Crippen molar-refractivity contribution in [2.24, 2.45) is 10.2 Å². The van der Waals surface area contributed by atoms with Crippen LogP contribution >= 0.6 is 11.6 Å². The van der Waals surface area contributed by atoms with Gasteiger partial charge in [-0.1, -0.05) is 48.9 Å². The molecule has 0 saturated heterocycles. The van der Waals surface area contributed by atoms with Crippen molar-refractivity contribution < 1.29 is 14.3 Å². The van der Waals surface area contributed by atoms with Crippen molar-refractivity contribution in [1.82, 2.24) is 0 Å². The maximum Gasteiger partial charge on any atom is 0.343 e. The number of nitrogens with zero attached hydrogens (tertiary/aromatic N) is 2. The van der Waals surface area contributed by atoms with Crippen LogP contribution in [0.25, 0.3) is 10.8 Å². The van der Waals surface area contributed by atoms with E-state index in [-0.39, 0.29) is 0 Å². The molecule has 0 fully saturated rings. The summed E-state index contributed by atoms with van der Waals surface area (Å²) in [6, 6.07) is 25.6. The van der Waals surface area contributed by atoms with E-state index in [0.717, 1.165) is 22.9 Å². The van der Waals surface area contributed by atoms with Gasteiger partial charge in [0, 0.05) is 6.07 Å². The largest absolute Gasteiger partial charge is 0.494 e. The number of hydrogen-bond donors (Lipinski definition) is 0. The van der Waals surface area contributed by atoms with Gasteiger partial charge in [-0.2, -0.15) is 5.11 Å². The molecule has 4 rings (SSSR count). The van der Waals surface area contributed by atoms with E-state index >= 15 is 0 Å². The van der Waals surface area contributed by atoms with Gasteiger partial charge in [-0.25, -0.2) is 4.79 Å². The van der Waals surface area contributed by atoms with Crippen LogP contribution in [-0.4, -0.2) is 12.6 Å². The first kappa shape index (κ1) is 21.5. The number of esters is 1. The SMILES string of the molecule is CCCOc1ccc(C(=O)Oc2ccc(N=Nc3ccc4ccccc4c3)c(Cl)c2)cc1. The molecule has 0 unspecified atom stereocenters. The fourth-order valence-corrected chi connectivity index (χ4v) is 3.26. The molecule has 6 heteroatoms. The highest BCUT2D eigenvalue weighted by Crippen LogP contribution is 2.31. The Morgan fingerprint density at radius 3 is 2.34 bits per heavy atom. The van der Waals surface area contributed by atoms with Gasteiger partial charge in [0.25, 0.3) is 0 Å². The first-order valence-electron chi connectivity index (χ1n) is 10.3. The summed E-state index contributed by atoms with van der Waals surface area (Å²) < 4.78 is 11.0. The van der Waals surface area contributed by atoms with E-state index in [1.807, 2.05) is 49.4 Å². The van der Waals surface area contributed by atoms with Crippen LogP contribution in [0.5, 0.6) is 11.5 Å². The molecule has 32 heavy (non-hydrogen) atoms. The van der Waals surface area contributed by atoms with Gasteiger partial charge in [0.05, 0.1) is 22.9 Å². The highest BCUT2D eigenvalue weighted by Gasteiger charge is 2.10. The molecule has 0 aliphatic carbocycles. The van der Waals surface area contributed by atoms with Crippen molar-refractivity contribution in [3.05, 3.63) is 95.5 Å². The molecule has 0 N–H and O–H groups in total. The Hall–Kier alpha value is -3.70. The van der Waals surface area contributed by atoms with Crippen LogP contribution in [0.4, 0.5) is 11.4 Å². The molecule has 0 aromatic heterocycles. The van der Waals surface area contributed by atoms with Gasteiger partial charge in [-0.15, -0.1) is 5.11 Å². The fourth-order valence-electron chi connectivity index (χ4n) is 3.06. The number of halogens is 1. The monoisotopic (exact) mass is 444 g/mol. The van der Waals surface area contributed by atoms with Crippen LogP contribution in [0.3, 0.4) is 0 Å². The normalized spacial score (nSPS) is 11.1. The van der Waals surface area contributed by atoms with Crippen LogP contribution in [0, 0.1) is 0 Å². The summed E-state index contributed by atoms with van der Waals surface area (Å²) in [4.78, 5) is 12.4. The van der Waals surface area contributed by atoms with Crippen LogP contribution in [-0.2, 0) is 0 Å². The quantitative estimate of drug-likeness (QED) is 0.165. The average molecular weight is 445 g/mol. The predicted molar refractivity (Wildman–Crippen MR) is 127 cm³/mol. The lowest BCUT2D eigenvalue weighted by molar-refractivity contribution is 0.0735. The molecule has 5 nitrogen and oxygen atoms in total. The molecule has 4 aromatic rings. The van der Waals surface area contributed by atoms with Crippen molar-refractivity contribution in [2.45, 2.75) is 13.3 Å². The van der Waals surface area contributed by atoms with Gasteiger partial charge >= 0.3 is 5.97 Å². The summed E-state index contributed by atoms with van der Waals surface area (Å²) in [6.07, 6.45) is 0.919. The lowest BCUT2D eigenvalue weighted by Gasteiger charge is -2.07. The minimum atomic E-state index is -0.478. The van der Waals surface area contributed by atoms with Crippen molar-refractivity contribution in [2.75, 3.05) is 6.61 Å². The Morgan fingerprint density at radius 1 is 0.844 bits per heavy atom. The minimum absolute atomic E-state index is 0.330. The smallest absolute Gasteiger partial charge is 0.343 e. The minimum Gasteiger partial charge on any atom is -0.494 e. The third-order valence-corrected chi connectivity index (χ3v) is 5.00. The van der Waals surface area contributed by atoms with Gasteiger partial charge in [0.15, 0.2) is 0 Å². The third kappa shape index (κ3) is 5.31. The Kier molecular flexibility index (Phi) is 6.78. The second-order valence-electron chi connectivity index (χ2n) is 7.11. The average Bonchev–Trinajstić information content (AvgIpc) is 2.82. The molecular weight excluding hydrogens is 424 g/mol. The zero-order valence-electron chi connectivity index (χ0n) is 17.5. The fraction of sp³-hybridized carbons (Fsp3) is 0.115. The number of ether oxygens (including phenoxy) is 2. The number of azo groups is 1. The van der Waals surface area contributed by atoms with E-state index in [0.29, 0.717) is 34.4 Å². The molecular formula is C26H21ClN2O3. The topological polar surface area (TPSA) is 60.2 Å². The van der Waals surface area contributed by atoms with Gasteiger partial charge in [-0.05, 0) is 65.7 Å². The summed E-state index contributed by atoms with van der Waals surface area (Å²) in [5.41, 5.74) is 1.63. The zero-order valence-corrected chi connectivity index (χ0v) is 18.3. The Morgan fingerprint density at radius 2 is 1.59 bits per heavy atom. The predicted octanol–water partition coefficient (Wildman–Crippen LogP) is 7.92. The summed E-state index contributed by atoms with van der Waals surface area (Å²) in [5, 5.41) is 11.1. The first-order chi connectivity index (χ1) is 15.6. The maximum atomic E-state index is 12.4. The second kappa shape index (κ2) is 10.1. The lowest BCUT2D eigenvalue weighted by Crippen LogP contribution is -2.08. The number of rotatable bonds is 7. The van der Waals surface area contributed by atoms with Gasteiger partial charge in [-0.3, -0.25) is 0 Å². The Bertz CT molecular complexity index is 1270.